The van der Waals surface area contributed by atoms with Crippen LogP contribution in [0.2, 0.25) is 0 Å². The summed E-state index contributed by atoms with van der Waals surface area (Å²) in [7, 11) is 0. The number of nitrogens with one attached hydrogen (secondary N) is 2. The number of halogens is 1. The first-order chi connectivity index (χ1) is 11.6. The van der Waals surface area contributed by atoms with Crippen LogP contribution in [0, 0.1) is 0 Å². The fourth-order valence-corrected chi connectivity index (χ4v) is 4.72. The number of carbonyl (C=O) groups is 1. The van der Waals surface area contributed by atoms with Gasteiger partial charge in [0.1, 0.15) is 12.2 Å². The minimum Gasteiger partial charge on any atom is -0.504 e. The van der Waals surface area contributed by atoms with E-state index in [2.05, 4.69) is 31.2 Å². The van der Waals surface area contributed by atoms with Crippen LogP contribution in [0.15, 0.2) is 27.7 Å². The van der Waals surface area contributed by atoms with Crippen molar-refractivity contribution in [2.45, 2.75) is 18.3 Å². The van der Waals surface area contributed by atoms with Gasteiger partial charge < -0.3 is 10.4 Å². The lowest BCUT2D eigenvalue weighted by Crippen LogP contribution is -2.83. The number of aromatic hydroxyl groups is 1. The average molecular weight is 385 g/mol. The Labute approximate surface area is 146 Å². The SMILES string of the molecule is O=C1C=C[C@]2(C=C1Br)CCNc1c(O)c3c4c(c12)=[NH+]CCC=4C=N3. The molecule has 0 unspecified atom stereocenters. The van der Waals surface area contributed by atoms with Crippen molar-refractivity contribution in [2.75, 3.05) is 18.4 Å². The molecule has 0 saturated carbocycles. The summed E-state index contributed by atoms with van der Waals surface area (Å²) in [6, 6.07) is 0. The van der Waals surface area contributed by atoms with E-state index in [0.29, 0.717) is 16.7 Å². The summed E-state index contributed by atoms with van der Waals surface area (Å²) in [6.07, 6.45) is 9.15. The van der Waals surface area contributed by atoms with E-state index in [0.717, 1.165) is 46.8 Å². The molecule has 3 aliphatic heterocycles. The van der Waals surface area contributed by atoms with Gasteiger partial charge in [-0.1, -0.05) is 12.2 Å². The van der Waals surface area contributed by atoms with Crippen LogP contribution < -0.4 is 20.9 Å². The van der Waals surface area contributed by atoms with Gasteiger partial charge >= 0.3 is 0 Å². The molecule has 1 aliphatic carbocycles. The molecule has 1 aromatic carbocycles. The van der Waals surface area contributed by atoms with Crippen molar-refractivity contribution < 1.29 is 14.9 Å². The van der Waals surface area contributed by atoms with Crippen molar-refractivity contribution in [3.8, 4) is 5.75 Å². The summed E-state index contributed by atoms with van der Waals surface area (Å²) in [5.41, 5.74) is 3.13. The molecule has 0 saturated heterocycles. The zero-order valence-electron chi connectivity index (χ0n) is 12.8. The Morgan fingerprint density at radius 3 is 3.12 bits per heavy atom. The molecule has 3 N–H and O–H groups in total. The van der Waals surface area contributed by atoms with Crippen LogP contribution >= 0.6 is 15.9 Å². The van der Waals surface area contributed by atoms with Gasteiger partial charge in [-0.15, -0.1) is 0 Å². The quantitative estimate of drug-likeness (QED) is 0.543. The molecule has 6 heteroatoms. The van der Waals surface area contributed by atoms with Gasteiger partial charge in [-0.3, -0.25) is 9.79 Å². The molecule has 0 bridgehead atoms. The van der Waals surface area contributed by atoms with Gasteiger partial charge in [-0.2, -0.15) is 0 Å². The topological polar surface area (TPSA) is 75.7 Å². The molecule has 1 atom stereocenters. The molecule has 24 heavy (non-hydrogen) atoms. The number of carbonyl (C=O) groups excluding carboxylic acids is 1. The van der Waals surface area contributed by atoms with Gasteiger partial charge in [0.2, 0.25) is 5.36 Å². The number of hydrogen-bond donors (Lipinski definition) is 3. The number of aliphatic imine (C=N–C) groups is 1. The van der Waals surface area contributed by atoms with Crippen molar-refractivity contribution in [1.82, 2.24) is 0 Å². The van der Waals surface area contributed by atoms with Crippen LogP contribution in [0.1, 0.15) is 18.4 Å². The normalized spacial score (nSPS) is 26.0. The number of phenolic OH excluding ortho intramolecular Hbond substituents is 1. The number of hydrogen-bond acceptors (Lipinski definition) is 4. The Balaban J connectivity index is 1.94. The summed E-state index contributed by atoms with van der Waals surface area (Å²) < 4.78 is 0.571. The Morgan fingerprint density at radius 1 is 1.42 bits per heavy atom. The molecular formula is C18H15BrN3O2+. The van der Waals surface area contributed by atoms with Crippen LogP contribution in [0.5, 0.6) is 5.75 Å². The van der Waals surface area contributed by atoms with E-state index < -0.39 is 5.41 Å². The van der Waals surface area contributed by atoms with Crippen LogP contribution in [0.25, 0.3) is 5.57 Å². The number of anilines is 1. The van der Waals surface area contributed by atoms with Crippen molar-refractivity contribution in [2.24, 2.45) is 4.99 Å². The van der Waals surface area contributed by atoms with Gasteiger partial charge in [0.25, 0.3) is 0 Å². The Morgan fingerprint density at radius 2 is 2.29 bits per heavy atom. The number of rotatable bonds is 0. The van der Waals surface area contributed by atoms with Crippen LogP contribution in [-0.2, 0) is 10.2 Å². The maximum atomic E-state index is 11.9. The van der Waals surface area contributed by atoms with E-state index >= 15 is 0 Å². The number of phenols is 1. The molecule has 0 radical (unpaired) electrons. The number of ketones is 1. The van der Waals surface area contributed by atoms with Gasteiger partial charge in [0, 0.05) is 24.6 Å². The van der Waals surface area contributed by atoms with E-state index in [-0.39, 0.29) is 11.5 Å². The second kappa shape index (κ2) is 4.66. The Kier molecular flexibility index (Phi) is 2.75. The lowest BCUT2D eigenvalue weighted by Gasteiger charge is -2.36. The molecule has 0 amide bonds. The zero-order chi connectivity index (χ0) is 16.5. The first-order valence-corrected chi connectivity index (χ1v) is 8.83. The van der Waals surface area contributed by atoms with Crippen LogP contribution in [-0.4, -0.2) is 30.2 Å². The molecule has 5 nitrogen and oxygen atoms in total. The molecule has 4 aliphatic rings. The predicted molar refractivity (Wildman–Crippen MR) is 94.4 cm³/mol. The van der Waals surface area contributed by atoms with Gasteiger partial charge in [-0.25, -0.2) is 4.99 Å². The second-order valence-electron chi connectivity index (χ2n) is 6.56. The molecule has 0 aromatic heterocycles. The highest BCUT2D eigenvalue weighted by atomic mass is 79.9. The number of allylic oxidation sites excluding steroid dienone is 4. The summed E-state index contributed by atoms with van der Waals surface area (Å²) >= 11 is 3.40. The smallest absolute Gasteiger partial charge is 0.214 e. The van der Waals surface area contributed by atoms with Crippen LogP contribution in [0.4, 0.5) is 11.4 Å². The number of nitrogens with zero attached hydrogens (tertiary/aromatic N) is 1. The molecule has 5 rings (SSSR count). The van der Waals surface area contributed by atoms with Crippen molar-refractivity contribution in [3.05, 3.63) is 38.8 Å². The van der Waals surface area contributed by atoms with E-state index in [9.17, 15) is 9.90 Å². The van der Waals surface area contributed by atoms with E-state index in [1.807, 2.05) is 18.4 Å². The van der Waals surface area contributed by atoms with Gasteiger partial charge in [-0.05, 0) is 34.0 Å². The monoisotopic (exact) mass is 384 g/mol. The third-order valence-electron chi connectivity index (χ3n) is 5.27. The zero-order valence-corrected chi connectivity index (χ0v) is 14.4. The lowest BCUT2D eigenvalue weighted by atomic mass is 9.71. The van der Waals surface area contributed by atoms with Crippen molar-refractivity contribution in [1.29, 1.82) is 0 Å². The fraction of sp³-hybridized carbons (Fsp3) is 0.278. The summed E-state index contributed by atoms with van der Waals surface area (Å²) in [4.78, 5) is 19.8. The molecule has 3 heterocycles. The average Bonchev–Trinajstić information content (AvgIpc) is 3.02. The summed E-state index contributed by atoms with van der Waals surface area (Å²) in [5, 5.41) is 16.2. The minimum atomic E-state index is -0.410. The van der Waals surface area contributed by atoms with E-state index in [1.54, 1.807) is 6.08 Å². The molecular weight excluding hydrogens is 370 g/mol. The van der Waals surface area contributed by atoms with Crippen LogP contribution in [0.3, 0.4) is 0 Å². The highest BCUT2D eigenvalue weighted by molar-refractivity contribution is 9.12. The third-order valence-corrected chi connectivity index (χ3v) is 5.89. The van der Waals surface area contributed by atoms with Gasteiger partial charge in [0.15, 0.2) is 11.5 Å². The second-order valence-corrected chi connectivity index (χ2v) is 7.42. The van der Waals surface area contributed by atoms with E-state index in [1.165, 1.54) is 0 Å². The minimum absolute atomic E-state index is 0.0247. The van der Waals surface area contributed by atoms with Crippen molar-refractivity contribution >= 4 is 44.9 Å². The first-order valence-electron chi connectivity index (χ1n) is 8.04. The Bertz CT molecular complexity index is 1040. The lowest BCUT2D eigenvalue weighted by molar-refractivity contribution is -0.501. The number of benzene rings is 1. The highest BCUT2D eigenvalue weighted by Crippen LogP contribution is 2.46. The maximum absolute atomic E-state index is 11.9. The van der Waals surface area contributed by atoms with Gasteiger partial charge in [0.05, 0.1) is 21.0 Å². The summed E-state index contributed by atoms with van der Waals surface area (Å²) in [5.74, 6) is 0.177. The molecule has 120 valence electrons. The molecule has 1 spiro atoms. The van der Waals surface area contributed by atoms with E-state index in [4.69, 9.17) is 0 Å². The number of fused-ring (bicyclic) bond motifs is 3. The largest absolute Gasteiger partial charge is 0.504 e. The Hall–Kier alpha value is -2.21. The van der Waals surface area contributed by atoms with Crippen molar-refractivity contribution in [3.63, 3.8) is 0 Å². The first kappa shape index (κ1) is 14.2. The molecule has 1 aromatic rings. The summed E-state index contributed by atoms with van der Waals surface area (Å²) in [6.45, 7) is 1.56. The predicted octanol–water partition coefficient (Wildman–Crippen LogP) is -0.166. The highest BCUT2D eigenvalue weighted by Gasteiger charge is 2.42. The third kappa shape index (κ3) is 1.66. The molecule has 0 fully saturated rings. The maximum Gasteiger partial charge on any atom is 0.214 e. The standard InChI is InChI=1S/C18H14BrN3O2/c19-10-7-18(3-1-11(10)23)4-6-21-16-13(18)14-12-9(2-5-20-14)8-22-15(12)17(16)24/h1,3,7-8,21,24H,2,4-6H2/p+1/t18-/m1/s1. The fourth-order valence-electron chi connectivity index (χ4n) is 4.17.